The van der Waals surface area contributed by atoms with Gasteiger partial charge in [0.1, 0.15) is 0 Å². The molecule has 0 aromatic heterocycles. The molecule has 1 aliphatic rings. The molecule has 1 aliphatic carbocycles. The molecule has 0 amide bonds. The fraction of sp³-hybridized carbons (Fsp3) is 0.259. The van der Waals surface area contributed by atoms with Gasteiger partial charge in [0.15, 0.2) is 23.1 Å². The SMILES string of the molecule is C=CCCC(=C)/C=C\C(=C)C(F)(F)Oc1ccc2c(c1F)C(F)(F)C(F)(F)c1c-2ccc(OCC)c1F. The molecule has 0 aliphatic heterocycles. The first kappa shape index (κ1) is 28.0. The molecule has 37 heavy (non-hydrogen) atoms. The van der Waals surface area contributed by atoms with Crippen molar-refractivity contribution in [2.75, 3.05) is 6.61 Å². The highest BCUT2D eigenvalue weighted by Gasteiger charge is 2.65. The van der Waals surface area contributed by atoms with E-state index in [-0.39, 0.29) is 6.61 Å². The van der Waals surface area contributed by atoms with E-state index >= 15 is 13.2 Å². The second kappa shape index (κ2) is 10.1. The smallest absolute Gasteiger partial charge is 0.426 e. The maximum absolute atomic E-state index is 15.2. The molecule has 0 radical (unpaired) electrons. The zero-order valence-electron chi connectivity index (χ0n) is 19.6. The van der Waals surface area contributed by atoms with Gasteiger partial charge in [-0.05, 0) is 61.2 Å². The Hall–Kier alpha value is -3.56. The lowest BCUT2D eigenvalue weighted by molar-refractivity contribution is -0.228. The fourth-order valence-electron chi connectivity index (χ4n) is 3.73. The van der Waals surface area contributed by atoms with Crippen LogP contribution in [0, 0.1) is 11.6 Å². The van der Waals surface area contributed by atoms with Crippen LogP contribution < -0.4 is 9.47 Å². The Labute approximate surface area is 208 Å². The second-order valence-corrected chi connectivity index (χ2v) is 8.15. The van der Waals surface area contributed by atoms with Gasteiger partial charge in [-0.15, -0.1) is 6.58 Å². The molecule has 2 aromatic carbocycles. The van der Waals surface area contributed by atoms with Crippen molar-refractivity contribution in [2.45, 2.75) is 37.7 Å². The lowest BCUT2D eigenvalue weighted by Gasteiger charge is -2.35. The summed E-state index contributed by atoms with van der Waals surface area (Å²) in [7, 11) is 0. The van der Waals surface area contributed by atoms with Crippen molar-refractivity contribution in [3.05, 3.63) is 96.1 Å². The van der Waals surface area contributed by atoms with Crippen molar-refractivity contribution in [1.82, 2.24) is 0 Å². The van der Waals surface area contributed by atoms with Gasteiger partial charge in [-0.1, -0.05) is 30.9 Å². The zero-order valence-corrected chi connectivity index (χ0v) is 19.6. The van der Waals surface area contributed by atoms with E-state index in [0.717, 1.165) is 18.2 Å². The molecule has 2 aromatic rings. The van der Waals surface area contributed by atoms with Crippen LogP contribution in [0.15, 0.2) is 73.4 Å². The summed E-state index contributed by atoms with van der Waals surface area (Å²) in [5.41, 5.74) is -5.67. The Balaban J connectivity index is 2.06. The predicted molar refractivity (Wildman–Crippen MR) is 123 cm³/mol. The lowest BCUT2D eigenvalue weighted by Crippen LogP contribution is -2.41. The van der Waals surface area contributed by atoms with Gasteiger partial charge in [-0.3, -0.25) is 0 Å². The van der Waals surface area contributed by atoms with Crippen LogP contribution in [0.2, 0.25) is 0 Å². The van der Waals surface area contributed by atoms with Crippen LogP contribution in [0.5, 0.6) is 11.5 Å². The Morgan fingerprint density at radius 1 is 0.892 bits per heavy atom. The molecule has 0 heterocycles. The summed E-state index contributed by atoms with van der Waals surface area (Å²) < 4.78 is 128. The minimum atomic E-state index is -5.32. The summed E-state index contributed by atoms with van der Waals surface area (Å²) >= 11 is 0. The molecular weight excluding hydrogens is 508 g/mol. The minimum Gasteiger partial charge on any atom is -0.491 e. The van der Waals surface area contributed by atoms with Crippen molar-refractivity contribution in [2.24, 2.45) is 0 Å². The van der Waals surface area contributed by atoms with Crippen LogP contribution in [-0.4, -0.2) is 12.7 Å². The van der Waals surface area contributed by atoms with Crippen LogP contribution in [0.1, 0.15) is 30.9 Å². The number of alkyl halides is 6. The third-order valence-corrected chi connectivity index (χ3v) is 5.63. The van der Waals surface area contributed by atoms with Crippen LogP contribution in [-0.2, 0) is 11.8 Å². The van der Waals surface area contributed by atoms with Crippen LogP contribution in [0.4, 0.5) is 35.1 Å². The highest BCUT2D eigenvalue weighted by Crippen LogP contribution is 2.60. The average Bonchev–Trinajstić information content (AvgIpc) is 2.82. The molecule has 0 atom stereocenters. The molecule has 0 spiro atoms. The molecule has 3 rings (SSSR count). The van der Waals surface area contributed by atoms with Gasteiger partial charge >= 0.3 is 18.0 Å². The van der Waals surface area contributed by atoms with Gasteiger partial charge in [-0.2, -0.15) is 26.3 Å². The van der Waals surface area contributed by atoms with Gasteiger partial charge in [0.2, 0.25) is 0 Å². The topological polar surface area (TPSA) is 18.5 Å². The first-order valence-electron chi connectivity index (χ1n) is 11.0. The van der Waals surface area contributed by atoms with Gasteiger partial charge in [0.25, 0.3) is 0 Å². The highest BCUT2D eigenvalue weighted by molar-refractivity contribution is 5.78. The average molecular weight is 530 g/mol. The van der Waals surface area contributed by atoms with Crippen molar-refractivity contribution in [1.29, 1.82) is 0 Å². The van der Waals surface area contributed by atoms with Crippen LogP contribution >= 0.6 is 0 Å². The number of halogens is 8. The van der Waals surface area contributed by atoms with E-state index in [0.29, 0.717) is 30.5 Å². The lowest BCUT2D eigenvalue weighted by atomic mass is 9.79. The third-order valence-electron chi connectivity index (χ3n) is 5.63. The van der Waals surface area contributed by atoms with Gasteiger partial charge < -0.3 is 9.47 Å². The van der Waals surface area contributed by atoms with E-state index in [1.165, 1.54) is 13.0 Å². The number of fused-ring (bicyclic) bond motifs is 3. The van der Waals surface area contributed by atoms with Crippen LogP contribution in [0.25, 0.3) is 11.1 Å². The van der Waals surface area contributed by atoms with E-state index in [4.69, 9.17) is 4.74 Å². The Morgan fingerprint density at radius 2 is 1.41 bits per heavy atom. The largest absolute Gasteiger partial charge is 0.491 e. The maximum atomic E-state index is 15.2. The van der Waals surface area contributed by atoms with Crippen molar-refractivity contribution < 1.29 is 44.6 Å². The summed E-state index contributed by atoms with van der Waals surface area (Å²) in [6.45, 7) is 11.6. The van der Waals surface area contributed by atoms with E-state index < -0.39 is 68.9 Å². The maximum Gasteiger partial charge on any atom is 0.426 e. The molecule has 0 unspecified atom stereocenters. The van der Waals surface area contributed by atoms with Gasteiger partial charge in [0.05, 0.1) is 23.3 Å². The number of ether oxygens (including phenoxy) is 2. The molecule has 0 saturated heterocycles. The second-order valence-electron chi connectivity index (χ2n) is 8.15. The zero-order chi connectivity index (χ0) is 27.8. The quantitative estimate of drug-likeness (QED) is 0.174. The first-order valence-corrected chi connectivity index (χ1v) is 11.0. The molecule has 198 valence electrons. The molecule has 0 N–H and O–H groups in total. The number of allylic oxidation sites excluding steroid dienone is 3. The summed E-state index contributed by atoms with van der Waals surface area (Å²) in [6.07, 6.45) is 0.294. The van der Waals surface area contributed by atoms with E-state index in [1.54, 1.807) is 6.08 Å². The number of hydrogen-bond donors (Lipinski definition) is 0. The fourth-order valence-corrected chi connectivity index (χ4v) is 3.73. The Kier molecular flexibility index (Phi) is 7.62. The standard InChI is InChI=1S/C27H22F8O2/c1-5-7-8-15(3)9-10-16(4)27(34,35)37-20-14-12-18-17-11-13-19(36-6-2)23(28)21(17)25(30,31)26(32,33)22(18)24(20)29/h5,9-14H,1,3-4,6-8H2,2H3/b10-9-. The molecule has 0 fully saturated rings. The molecule has 2 nitrogen and oxygen atoms in total. The summed E-state index contributed by atoms with van der Waals surface area (Å²) in [4.78, 5) is 0. The normalized spacial score (nSPS) is 15.6. The summed E-state index contributed by atoms with van der Waals surface area (Å²) in [5, 5.41) is 0. The summed E-state index contributed by atoms with van der Waals surface area (Å²) in [5.74, 6) is -16.6. The summed E-state index contributed by atoms with van der Waals surface area (Å²) in [6, 6.07) is 3.05. The highest BCUT2D eigenvalue weighted by atomic mass is 19.3. The molecule has 0 saturated carbocycles. The van der Waals surface area contributed by atoms with Crippen molar-refractivity contribution in [3.63, 3.8) is 0 Å². The van der Waals surface area contributed by atoms with Crippen molar-refractivity contribution in [3.8, 4) is 22.6 Å². The van der Waals surface area contributed by atoms with Gasteiger partial charge in [0, 0.05) is 0 Å². The Bertz CT molecular complexity index is 1280. The number of hydrogen-bond acceptors (Lipinski definition) is 2. The third kappa shape index (κ3) is 4.89. The van der Waals surface area contributed by atoms with Gasteiger partial charge in [-0.25, -0.2) is 8.78 Å². The van der Waals surface area contributed by atoms with Crippen molar-refractivity contribution >= 4 is 0 Å². The van der Waals surface area contributed by atoms with E-state index in [9.17, 15) is 22.0 Å². The first-order chi connectivity index (χ1) is 17.2. The molecule has 0 bridgehead atoms. The Morgan fingerprint density at radius 3 is 1.92 bits per heavy atom. The predicted octanol–water partition coefficient (Wildman–Crippen LogP) is 8.83. The van der Waals surface area contributed by atoms with E-state index in [2.05, 4.69) is 24.5 Å². The minimum absolute atomic E-state index is 0.138. The monoisotopic (exact) mass is 530 g/mol. The number of benzene rings is 2. The number of rotatable bonds is 10. The van der Waals surface area contributed by atoms with E-state index in [1.807, 2.05) is 0 Å². The molecule has 10 heteroatoms. The van der Waals surface area contributed by atoms with Crippen LogP contribution in [0.3, 0.4) is 0 Å². The molecular formula is C27H22F8O2.